The van der Waals surface area contributed by atoms with Crippen LogP contribution in [0.4, 0.5) is 4.39 Å². The Morgan fingerprint density at radius 1 is 1.40 bits per heavy atom. The molecule has 1 aromatic rings. The van der Waals surface area contributed by atoms with Crippen molar-refractivity contribution < 1.29 is 27.8 Å². The predicted octanol–water partition coefficient (Wildman–Crippen LogP) is 0.717. The van der Waals surface area contributed by atoms with Crippen LogP contribution in [0.2, 0.25) is 0 Å². The summed E-state index contributed by atoms with van der Waals surface area (Å²) in [5, 5.41) is 18.6. The number of hydrogen-bond donors (Lipinski definition) is 3. The number of sulfonamides is 1. The van der Waals surface area contributed by atoms with Crippen molar-refractivity contribution in [2.24, 2.45) is 0 Å². The fourth-order valence-corrected chi connectivity index (χ4v) is 3.13. The van der Waals surface area contributed by atoms with Crippen LogP contribution in [0, 0.1) is 5.82 Å². The minimum atomic E-state index is -4.20. The van der Waals surface area contributed by atoms with Crippen molar-refractivity contribution in [3.63, 3.8) is 0 Å². The highest BCUT2D eigenvalue weighted by atomic mass is 32.2. The van der Waals surface area contributed by atoms with Crippen molar-refractivity contribution in [3.05, 3.63) is 29.6 Å². The third kappa shape index (κ3) is 2.97. The summed E-state index contributed by atoms with van der Waals surface area (Å²) in [6, 6.07) is 2.52. The molecule has 0 bridgehead atoms. The van der Waals surface area contributed by atoms with Crippen LogP contribution in [-0.2, 0) is 10.0 Å². The lowest BCUT2D eigenvalue weighted by Gasteiger charge is -2.36. The molecule has 1 aliphatic carbocycles. The maximum absolute atomic E-state index is 13.6. The standard InChI is InChI=1S/C12H14FNO5S/c13-9-3-2-8(11(15)16)6-10(9)20(18,19)14-7-12(17)4-1-5-12/h2-3,6,14,17H,1,4-5,7H2,(H,15,16). The van der Waals surface area contributed by atoms with Crippen LogP contribution in [0.15, 0.2) is 23.1 Å². The van der Waals surface area contributed by atoms with Crippen LogP contribution >= 0.6 is 0 Å². The average Bonchev–Trinajstić information content (AvgIpc) is 2.34. The molecule has 1 aliphatic rings. The van der Waals surface area contributed by atoms with Gasteiger partial charge in [-0.15, -0.1) is 0 Å². The van der Waals surface area contributed by atoms with Crippen LogP contribution in [0.1, 0.15) is 29.6 Å². The molecule has 8 heteroatoms. The molecule has 0 aliphatic heterocycles. The van der Waals surface area contributed by atoms with Gasteiger partial charge in [-0.05, 0) is 37.5 Å². The maximum Gasteiger partial charge on any atom is 0.335 e. The van der Waals surface area contributed by atoms with Crippen LogP contribution in [0.3, 0.4) is 0 Å². The Morgan fingerprint density at radius 2 is 2.05 bits per heavy atom. The van der Waals surface area contributed by atoms with E-state index in [1.165, 1.54) is 0 Å². The van der Waals surface area contributed by atoms with E-state index >= 15 is 0 Å². The van der Waals surface area contributed by atoms with Gasteiger partial charge in [0, 0.05) is 6.54 Å². The lowest BCUT2D eigenvalue weighted by molar-refractivity contribution is -0.0271. The van der Waals surface area contributed by atoms with Gasteiger partial charge in [0.25, 0.3) is 0 Å². The van der Waals surface area contributed by atoms with E-state index < -0.39 is 32.3 Å². The molecule has 0 saturated heterocycles. The van der Waals surface area contributed by atoms with Crippen molar-refractivity contribution >= 4 is 16.0 Å². The molecule has 0 spiro atoms. The molecular weight excluding hydrogens is 289 g/mol. The van der Waals surface area contributed by atoms with E-state index in [4.69, 9.17) is 5.11 Å². The van der Waals surface area contributed by atoms with E-state index in [1.54, 1.807) is 0 Å². The lowest BCUT2D eigenvalue weighted by atomic mass is 9.81. The van der Waals surface area contributed by atoms with Crippen molar-refractivity contribution in [2.45, 2.75) is 29.8 Å². The molecule has 6 nitrogen and oxygen atoms in total. The predicted molar refractivity (Wildman–Crippen MR) is 67.3 cm³/mol. The summed E-state index contributed by atoms with van der Waals surface area (Å²) in [4.78, 5) is 10.1. The second kappa shape index (κ2) is 5.12. The summed E-state index contributed by atoms with van der Waals surface area (Å²) in [6.45, 7) is -0.216. The quantitative estimate of drug-likeness (QED) is 0.743. The Hall–Kier alpha value is -1.51. The SMILES string of the molecule is O=C(O)c1ccc(F)c(S(=O)(=O)NCC2(O)CCC2)c1. The Bertz CT molecular complexity index is 639. The number of nitrogens with one attached hydrogen (secondary N) is 1. The minimum absolute atomic E-state index is 0.216. The number of halogens is 1. The van der Waals surface area contributed by atoms with E-state index in [9.17, 15) is 22.7 Å². The van der Waals surface area contributed by atoms with Crippen molar-refractivity contribution in [2.75, 3.05) is 6.54 Å². The zero-order valence-electron chi connectivity index (χ0n) is 10.5. The zero-order chi connectivity index (χ0) is 15.0. The maximum atomic E-state index is 13.6. The van der Waals surface area contributed by atoms with Crippen LogP contribution in [0.25, 0.3) is 0 Å². The molecule has 2 rings (SSSR count). The van der Waals surface area contributed by atoms with Gasteiger partial charge < -0.3 is 10.2 Å². The highest BCUT2D eigenvalue weighted by Gasteiger charge is 2.36. The second-order valence-electron chi connectivity index (χ2n) is 4.85. The largest absolute Gasteiger partial charge is 0.478 e. The normalized spacial score (nSPS) is 17.5. The summed E-state index contributed by atoms with van der Waals surface area (Å²) in [6.07, 6.45) is 1.77. The number of benzene rings is 1. The van der Waals surface area contributed by atoms with Gasteiger partial charge in [0.15, 0.2) is 0 Å². The summed E-state index contributed by atoms with van der Waals surface area (Å²) < 4.78 is 39.6. The summed E-state index contributed by atoms with van der Waals surface area (Å²) in [5.41, 5.74) is -1.41. The minimum Gasteiger partial charge on any atom is -0.478 e. The first-order chi connectivity index (χ1) is 9.23. The van der Waals surface area contributed by atoms with Gasteiger partial charge in [-0.25, -0.2) is 22.3 Å². The van der Waals surface area contributed by atoms with Crippen LogP contribution in [0.5, 0.6) is 0 Å². The smallest absolute Gasteiger partial charge is 0.335 e. The third-order valence-electron chi connectivity index (χ3n) is 3.34. The number of rotatable bonds is 5. The molecule has 20 heavy (non-hydrogen) atoms. The van der Waals surface area contributed by atoms with Gasteiger partial charge in [0.1, 0.15) is 10.7 Å². The van der Waals surface area contributed by atoms with Gasteiger partial charge >= 0.3 is 5.97 Å². The third-order valence-corrected chi connectivity index (χ3v) is 4.76. The van der Waals surface area contributed by atoms with Crippen molar-refractivity contribution in [1.29, 1.82) is 0 Å². The molecule has 0 radical (unpaired) electrons. The molecule has 1 saturated carbocycles. The Labute approximate surface area is 115 Å². The number of carbonyl (C=O) groups is 1. The van der Waals surface area contributed by atoms with E-state index in [0.29, 0.717) is 12.8 Å². The molecule has 0 amide bonds. The molecule has 110 valence electrons. The van der Waals surface area contributed by atoms with E-state index in [1.807, 2.05) is 0 Å². The van der Waals surface area contributed by atoms with Crippen LogP contribution in [-0.4, -0.2) is 36.7 Å². The Morgan fingerprint density at radius 3 is 2.55 bits per heavy atom. The fourth-order valence-electron chi connectivity index (χ4n) is 1.91. The molecule has 0 heterocycles. The summed E-state index contributed by atoms with van der Waals surface area (Å²) in [7, 11) is -4.20. The highest BCUT2D eigenvalue weighted by molar-refractivity contribution is 7.89. The van der Waals surface area contributed by atoms with Crippen LogP contribution < -0.4 is 4.72 Å². The molecule has 0 unspecified atom stereocenters. The number of hydrogen-bond acceptors (Lipinski definition) is 4. The monoisotopic (exact) mass is 303 g/mol. The Balaban J connectivity index is 2.24. The first-order valence-electron chi connectivity index (χ1n) is 5.98. The van der Waals surface area contributed by atoms with Gasteiger partial charge in [-0.3, -0.25) is 0 Å². The molecule has 0 atom stereocenters. The van der Waals surface area contributed by atoms with Crippen molar-refractivity contribution in [3.8, 4) is 0 Å². The molecular formula is C12H14FNO5S. The average molecular weight is 303 g/mol. The topological polar surface area (TPSA) is 104 Å². The number of carboxylic acid groups (broad SMARTS) is 1. The first kappa shape index (κ1) is 14.9. The van der Waals surface area contributed by atoms with Gasteiger partial charge in [-0.2, -0.15) is 0 Å². The van der Waals surface area contributed by atoms with Gasteiger partial charge in [0.2, 0.25) is 10.0 Å². The fraction of sp³-hybridized carbons (Fsp3) is 0.417. The van der Waals surface area contributed by atoms with Gasteiger partial charge in [-0.1, -0.05) is 0 Å². The molecule has 1 fully saturated rings. The molecule has 1 aromatic carbocycles. The van der Waals surface area contributed by atoms with Crippen molar-refractivity contribution in [1.82, 2.24) is 4.72 Å². The zero-order valence-corrected chi connectivity index (χ0v) is 11.3. The Kier molecular flexibility index (Phi) is 3.81. The first-order valence-corrected chi connectivity index (χ1v) is 7.47. The van der Waals surface area contributed by atoms with E-state index in [-0.39, 0.29) is 12.1 Å². The molecule has 3 N–H and O–H groups in total. The molecule has 0 aromatic heterocycles. The number of aliphatic hydroxyl groups is 1. The lowest BCUT2D eigenvalue weighted by Crippen LogP contribution is -2.47. The second-order valence-corrected chi connectivity index (χ2v) is 6.59. The van der Waals surface area contributed by atoms with E-state index in [2.05, 4.69) is 4.72 Å². The van der Waals surface area contributed by atoms with Gasteiger partial charge in [0.05, 0.1) is 11.2 Å². The number of carboxylic acids is 1. The highest BCUT2D eigenvalue weighted by Crippen LogP contribution is 2.31. The summed E-state index contributed by atoms with van der Waals surface area (Å²) in [5.74, 6) is -2.39. The van der Waals surface area contributed by atoms with E-state index in [0.717, 1.165) is 24.6 Å². The summed E-state index contributed by atoms with van der Waals surface area (Å²) >= 11 is 0. The number of aromatic carboxylic acids is 1.